The van der Waals surface area contributed by atoms with E-state index in [1.54, 1.807) is 33.0 Å². The van der Waals surface area contributed by atoms with Gasteiger partial charge in [-0.1, -0.05) is 13.8 Å². The van der Waals surface area contributed by atoms with E-state index >= 15 is 0 Å². The van der Waals surface area contributed by atoms with Crippen LogP contribution in [-0.2, 0) is 4.79 Å². The summed E-state index contributed by atoms with van der Waals surface area (Å²) in [5, 5.41) is 27.8. The summed E-state index contributed by atoms with van der Waals surface area (Å²) in [5.41, 5.74) is 0.844. The van der Waals surface area contributed by atoms with Crippen molar-refractivity contribution in [1.29, 1.82) is 0 Å². The van der Waals surface area contributed by atoms with E-state index < -0.39 is 7.05 Å². The summed E-state index contributed by atoms with van der Waals surface area (Å²) in [4.78, 5) is 28.4. The second-order valence-corrected chi connectivity index (χ2v) is 8.40. The van der Waals surface area contributed by atoms with Crippen molar-refractivity contribution < 1.29 is 19.9 Å². The molecule has 0 aliphatic carbocycles. The quantitative estimate of drug-likeness (QED) is 0.514. The highest BCUT2D eigenvalue weighted by Gasteiger charge is 2.28. The van der Waals surface area contributed by atoms with Crippen molar-refractivity contribution in [3.63, 3.8) is 0 Å². The molecule has 3 rings (SSSR count). The third kappa shape index (κ3) is 9.14. The third-order valence-corrected chi connectivity index (χ3v) is 5.67. The van der Waals surface area contributed by atoms with Gasteiger partial charge in [0.1, 0.15) is 5.78 Å². The molecule has 3 unspecified atom stereocenters. The number of H-pyrrole nitrogens is 1. The maximum atomic E-state index is 11.1. The molecule has 1 aromatic heterocycles. The number of aryl methyl sites for hydroxylation is 1. The van der Waals surface area contributed by atoms with Crippen LogP contribution in [0.1, 0.15) is 32.3 Å². The summed E-state index contributed by atoms with van der Waals surface area (Å²) in [6.07, 6.45) is 4.50. The van der Waals surface area contributed by atoms with Crippen LogP contribution in [0.25, 0.3) is 0 Å². The maximum Gasteiger partial charge on any atom is 0.376 e. The van der Waals surface area contributed by atoms with Crippen molar-refractivity contribution >= 4 is 19.9 Å². The van der Waals surface area contributed by atoms with Gasteiger partial charge in [0, 0.05) is 36.4 Å². The van der Waals surface area contributed by atoms with E-state index in [4.69, 9.17) is 0 Å². The fourth-order valence-electron chi connectivity index (χ4n) is 3.39. The Hall–Kier alpha value is -1.45. The predicted octanol–water partition coefficient (Wildman–Crippen LogP) is 0.490. The zero-order chi connectivity index (χ0) is 22.8. The van der Waals surface area contributed by atoms with Gasteiger partial charge >= 0.3 is 14.1 Å². The molecule has 3 heterocycles. The lowest BCUT2D eigenvalue weighted by Gasteiger charge is -2.34. The minimum absolute atomic E-state index is 0.0868. The van der Waals surface area contributed by atoms with Gasteiger partial charge in [0.15, 0.2) is 5.43 Å². The van der Waals surface area contributed by atoms with Gasteiger partial charge in [-0.25, -0.2) is 0 Å². The van der Waals surface area contributed by atoms with Crippen LogP contribution in [0.4, 0.5) is 0 Å². The number of nitrogens with one attached hydrogen (secondary N) is 1. The summed E-state index contributed by atoms with van der Waals surface area (Å²) in [6, 6.07) is 1.51. The standard InChI is InChI=1S/C7H16BNO2.C7H14BNO2.C6H7NO/c2*1-6-5-9(8(2)11)4-3-7(6)10;1-5-4-7-3-2-6(5)8/h6-7,10-11H,3-5H2,1-2H3;6,11H,3-5H2,1-2H3;2-4H,1H3,(H,7,8). The molecule has 0 amide bonds. The largest absolute Gasteiger partial charge is 0.437 e. The van der Waals surface area contributed by atoms with Crippen LogP contribution in [0.15, 0.2) is 23.3 Å². The highest BCUT2D eigenvalue weighted by atomic mass is 16.3. The van der Waals surface area contributed by atoms with Crippen molar-refractivity contribution in [3.8, 4) is 0 Å². The normalized spacial score (nSPS) is 24.8. The summed E-state index contributed by atoms with van der Waals surface area (Å²) in [6.45, 7) is 12.2. The van der Waals surface area contributed by atoms with Crippen molar-refractivity contribution in [2.24, 2.45) is 11.8 Å². The number of carbonyl (C=O) groups is 1. The number of rotatable bonds is 2. The number of hydrogen-bond acceptors (Lipinski definition) is 7. The number of aliphatic hydroxyl groups excluding tert-OH is 1. The second-order valence-electron chi connectivity index (χ2n) is 8.40. The second kappa shape index (κ2) is 13.1. The van der Waals surface area contributed by atoms with Crippen molar-refractivity contribution in [3.05, 3.63) is 34.2 Å². The van der Waals surface area contributed by atoms with Crippen molar-refractivity contribution in [2.75, 3.05) is 26.2 Å². The lowest BCUT2D eigenvalue weighted by Crippen LogP contribution is -2.48. The summed E-state index contributed by atoms with van der Waals surface area (Å²) < 4.78 is 0. The van der Waals surface area contributed by atoms with E-state index in [0.717, 1.165) is 25.1 Å². The molecule has 4 N–H and O–H groups in total. The van der Waals surface area contributed by atoms with Crippen LogP contribution in [0, 0.1) is 18.8 Å². The molecule has 2 aliphatic rings. The van der Waals surface area contributed by atoms with Gasteiger partial charge in [-0.05, 0) is 59.1 Å². The molecular weight excluding hydrogens is 384 g/mol. The molecule has 0 bridgehead atoms. The van der Waals surface area contributed by atoms with Gasteiger partial charge < -0.3 is 29.8 Å². The molecule has 0 saturated carbocycles. The average Bonchev–Trinajstić information content (AvgIpc) is 2.69. The van der Waals surface area contributed by atoms with Gasteiger partial charge in [0.05, 0.1) is 6.10 Å². The molecule has 2 fully saturated rings. The number of ketones is 1. The lowest BCUT2D eigenvalue weighted by molar-refractivity contribution is -0.124. The fraction of sp³-hybridized carbons (Fsp3) is 0.700. The third-order valence-electron chi connectivity index (χ3n) is 5.67. The number of nitrogens with zero attached hydrogens (tertiary/aromatic N) is 2. The number of carbonyl (C=O) groups excluding carboxylic acids is 1. The predicted molar refractivity (Wildman–Crippen MR) is 121 cm³/mol. The minimum Gasteiger partial charge on any atom is -0.437 e. The Morgan fingerprint density at radius 3 is 2.10 bits per heavy atom. The van der Waals surface area contributed by atoms with Crippen LogP contribution in [0.5, 0.6) is 0 Å². The first kappa shape index (κ1) is 26.6. The van der Waals surface area contributed by atoms with Gasteiger partial charge in [-0.3, -0.25) is 9.59 Å². The summed E-state index contributed by atoms with van der Waals surface area (Å²) >= 11 is 0. The highest BCUT2D eigenvalue weighted by Crippen LogP contribution is 2.16. The molecule has 0 aromatic carbocycles. The molecule has 2 saturated heterocycles. The van der Waals surface area contributed by atoms with E-state index in [1.807, 2.05) is 23.5 Å². The number of aromatic nitrogens is 1. The molecule has 168 valence electrons. The highest BCUT2D eigenvalue weighted by molar-refractivity contribution is 6.45. The number of piperidine rings is 2. The van der Waals surface area contributed by atoms with Crippen LogP contribution in [0.3, 0.4) is 0 Å². The number of aliphatic hydroxyl groups is 1. The Kier molecular flexibility index (Phi) is 11.6. The number of aromatic amines is 1. The fourth-order valence-corrected chi connectivity index (χ4v) is 3.39. The number of hydrogen-bond donors (Lipinski definition) is 4. The molecule has 0 spiro atoms. The average molecular weight is 421 g/mol. The van der Waals surface area contributed by atoms with Gasteiger partial charge in [-0.15, -0.1) is 0 Å². The van der Waals surface area contributed by atoms with Gasteiger partial charge in [-0.2, -0.15) is 0 Å². The number of Topliss-reactive ketones (excluding diaryl/α,β-unsaturated/α-hetero) is 1. The summed E-state index contributed by atoms with van der Waals surface area (Å²) in [7, 11) is -0.782. The van der Waals surface area contributed by atoms with E-state index in [9.17, 15) is 24.7 Å². The molecule has 8 nitrogen and oxygen atoms in total. The molecule has 3 atom stereocenters. The van der Waals surface area contributed by atoms with Crippen LogP contribution in [0.2, 0.25) is 13.6 Å². The minimum atomic E-state index is -0.412. The molecule has 10 heteroatoms. The zero-order valence-corrected chi connectivity index (χ0v) is 18.9. The molecule has 1 aromatic rings. The Morgan fingerprint density at radius 2 is 1.67 bits per heavy atom. The smallest absolute Gasteiger partial charge is 0.376 e. The first-order valence-corrected chi connectivity index (χ1v) is 10.7. The van der Waals surface area contributed by atoms with Gasteiger partial charge in [0.2, 0.25) is 0 Å². The summed E-state index contributed by atoms with van der Waals surface area (Å²) in [5.74, 6) is 0.707. The van der Waals surface area contributed by atoms with Crippen LogP contribution >= 0.6 is 0 Å². The Balaban J connectivity index is 0.000000228. The Labute approximate surface area is 180 Å². The van der Waals surface area contributed by atoms with E-state index in [-0.39, 0.29) is 24.5 Å². The lowest BCUT2D eigenvalue weighted by atomic mass is 9.80. The van der Waals surface area contributed by atoms with E-state index in [0.29, 0.717) is 31.2 Å². The zero-order valence-electron chi connectivity index (χ0n) is 18.9. The first-order chi connectivity index (χ1) is 14.0. The SMILES string of the molecule is CB(O)N1CCC(=O)C(C)C1.CB(O)N1CCC(O)C(C)C1.Cc1c[nH]ccc1=O. The Bertz CT molecular complexity index is 701. The van der Waals surface area contributed by atoms with Crippen molar-refractivity contribution in [2.45, 2.75) is 53.4 Å². The molecule has 2 aliphatic heterocycles. The van der Waals surface area contributed by atoms with Crippen LogP contribution in [-0.4, -0.2) is 81.9 Å². The van der Waals surface area contributed by atoms with Gasteiger partial charge in [0.25, 0.3) is 0 Å². The van der Waals surface area contributed by atoms with Crippen molar-refractivity contribution in [1.82, 2.24) is 14.6 Å². The molecular formula is C20H37B2N3O5. The van der Waals surface area contributed by atoms with Crippen LogP contribution < -0.4 is 5.43 Å². The number of pyridine rings is 1. The maximum absolute atomic E-state index is 11.1. The molecule has 0 radical (unpaired) electrons. The first-order valence-electron chi connectivity index (χ1n) is 10.7. The van der Waals surface area contributed by atoms with E-state index in [1.165, 1.54) is 6.07 Å². The topological polar surface area (TPSA) is 117 Å². The molecule has 30 heavy (non-hydrogen) atoms. The van der Waals surface area contributed by atoms with E-state index in [2.05, 4.69) is 4.98 Å². The monoisotopic (exact) mass is 421 g/mol. The Morgan fingerprint density at radius 1 is 1.07 bits per heavy atom.